The molecule has 0 heterocycles. The van der Waals surface area contributed by atoms with Gasteiger partial charge in [-0.05, 0) is 37.0 Å². The molecule has 0 saturated carbocycles. The molecule has 3 N–H and O–H groups in total. The smallest absolute Gasteiger partial charge is 0.176 e. The summed E-state index contributed by atoms with van der Waals surface area (Å²) in [6, 6.07) is 0. The predicted molar refractivity (Wildman–Crippen MR) is 103 cm³/mol. The summed E-state index contributed by atoms with van der Waals surface area (Å²) >= 11 is 0. The lowest BCUT2D eigenvalue weighted by Crippen LogP contribution is -2.46. The molecule has 0 aliphatic heterocycles. The van der Waals surface area contributed by atoms with E-state index in [0.29, 0.717) is 31.1 Å². The van der Waals surface area contributed by atoms with E-state index >= 15 is 0 Å². The molecule has 0 aromatic carbocycles. The second kappa shape index (κ2) is 8.94. The summed E-state index contributed by atoms with van der Waals surface area (Å²) in [7, 11) is 0. The molecular weight excluding hydrogens is 330 g/mol. The van der Waals surface area contributed by atoms with Crippen molar-refractivity contribution in [3.63, 3.8) is 0 Å². The van der Waals surface area contributed by atoms with Gasteiger partial charge in [-0.1, -0.05) is 48.0 Å². The number of carbonyl (C=O) groups excluding carboxylic acids is 2. The molecule has 0 bridgehead atoms. The van der Waals surface area contributed by atoms with Crippen LogP contribution < -0.4 is 0 Å². The molecule has 0 radical (unpaired) electrons. The van der Waals surface area contributed by atoms with Crippen molar-refractivity contribution in [2.45, 2.75) is 79.2 Å². The average Bonchev–Trinajstić information content (AvgIpc) is 2.69. The Bertz CT molecular complexity index is 589. The van der Waals surface area contributed by atoms with E-state index in [-0.39, 0.29) is 30.0 Å². The van der Waals surface area contributed by atoms with E-state index in [1.54, 1.807) is 0 Å². The highest BCUT2D eigenvalue weighted by atomic mass is 16.3. The number of hydrogen-bond donors (Lipinski definition) is 3. The molecule has 26 heavy (non-hydrogen) atoms. The zero-order valence-electron chi connectivity index (χ0n) is 17.1. The Labute approximate surface area is 157 Å². The van der Waals surface area contributed by atoms with Crippen molar-refractivity contribution in [3.8, 4) is 0 Å². The SMILES string of the molecule is CC(C)CCC(=N)[C@]1(O)C(O)=C(C(=O)CC(C)C)C(=O)[C@H]1CCC(C)C. The summed E-state index contributed by atoms with van der Waals surface area (Å²) in [4.78, 5) is 25.4. The zero-order chi connectivity index (χ0) is 20.2. The lowest BCUT2D eigenvalue weighted by atomic mass is 9.78. The van der Waals surface area contributed by atoms with Crippen molar-refractivity contribution in [2.75, 3.05) is 0 Å². The van der Waals surface area contributed by atoms with E-state index in [1.165, 1.54) is 0 Å². The number of carbonyl (C=O) groups is 2. The minimum atomic E-state index is -2.04. The molecule has 148 valence electrons. The fraction of sp³-hybridized carbons (Fsp3) is 0.762. The van der Waals surface area contributed by atoms with Crippen LogP contribution in [-0.2, 0) is 9.59 Å². The molecule has 1 rings (SSSR count). The first-order valence-electron chi connectivity index (χ1n) is 9.74. The summed E-state index contributed by atoms with van der Waals surface area (Å²) in [6.45, 7) is 11.8. The second-order valence-electron chi connectivity index (χ2n) is 8.81. The van der Waals surface area contributed by atoms with Crippen LogP contribution in [-0.4, -0.2) is 33.1 Å². The van der Waals surface area contributed by atoms with Gasteiger partial charge in [0.1, 0.15) is 11.3 Å². The Morgan fingerprint density at radius 3 is 2.08 bits per heavy atom. The number of aliphatic hydroxyl groups excluding tert-OH is 1. The highest BCUT2D eigenvalue weighted by molar-refractivity contribution is 6.26. The largest absolute Gasteiger partial charge is 0.508 e. The van der Waals surface area contributed by atoms with Crippen molar-refractivity contribution in [1.29, 1.82) is 5.41 Å². The van der Waals surface area contributed by atoms with E-state index in [1.807, 2.05) is 41.5 Å². The quantitative estimate of drug-likeness (QED) is 0.398. The minimum absolute atomic E-state index is 0.0406. The van der Waals surface area contributed by atoms with Crippen LogP contribution in [0.2, 0.25) is 0 Å². The number of allylic oxidation sites excluding steroid dienone is 1. The average molecular weight is 366 g/mol. The molecule has 0 aromatic heterocycles. The van der Waals surface area contributed by atoms with Crippen LogP contribution in [0, 0.1) is 29.1 Å². The van der Waals surface area contributed by atoms with Crippen LogP contribution in [0.4, 0.5) is 0 Å². The summed E-state index contributed by atoms with van der Waals surface area (Å²) < 4.78 is 0. The number of ketones is 2. The maximum Gasteiger partial charge on any atom is 0.176 e. The van der Waals surface area contributed by atoms with Crippen molar-refractivity contribution in [2.24, 2.45) is 23.7 Å². The Morgan fingerprint density at radius 2 is 1.62 bits per heavy atom. The van der Waals surface area contributed by atoms with Crippen molar-refractivity contribution in [3.05, 3.63) is 11.3 Å². The van der Waals surface area contributed by atoms with E-state index < -0.39 is 28.8 Å². The summed E-state index contributed by atoms with van der Waals surface area (Å²) in [5, 5.41) is 30.3. The molecule has 0 amide bonds. The molecule has 5 nitrogen and oxygen atoms in total. The summed E-state index contributed by atoms with van der Waals surface area (Å²) in [6.07, 6.45) is 2.12. The molecule has 5 heteroatoms. The second-order valence-corrected chi connectivity index (χ2v) is 8.81. The molecule has 0 unspecified atom stereocenters. The normalized spacial score (nSPS) is 23.6. The lowest BCUT2D eigenvalue weighted by molar-refractivity contribution is -0.125. The van der Waals surface area contributed by atoms with Gasteiger partial charge >= 0.3 is 0 Å². The van der Waals surface area contributed by atoms with Crippen molar-refractivity contribution >= 4 is 17.3 Å². The predicted octanol–water partition coefficient (Wildman–Crippen LogP) is 4.24. The van der Waals surface area contributed by atoms with Gasteiger partial charge in [0.05, 0.1) is 5.92 Å². The number of nitrogens with one attached hydrogen (secondary N) is 1. The number of rotatable bonds is 10. The maximum atomic E-state index is 12.9. The van der Waals surface area contributed by atoms with Gasteiger partial charge in [-0.15, -0.1) is 0 Å². The van der Waals surface area contributed by atoms with E-state index in [2.05, 4.69) is 0 Å². The van der Waals surface area contributed by atoms with Gasteiger partial charge in [0.25, 0.3) is 0 Å². The van der Waals surface area contributed by atoms with E-state index in [0.717, 1.165) is 0 Å². The highest BCUT2D eigenvalue weighted by Crippen LogP contribution is 2.42. The van der Waals surface area contributed by atoms with Crippen molar-refractivity contribution < 1.29 is 19.8 Å². The van der Waals surface area contributed by atoms with Crippen molar-refractivity contribution in [1.82, 2.24) is 0 Å². The Morgan fingerprint density at radius 1 is 1.08 bits per heavy atom. The molecule has 0 spiro atoms. The lowest BCUT2D eigenvalue weighted by Gasteiger charge is -2.31. The molecule has 0 aromatic rings. The fourth-order valence-electron chi connectivity index (χ4n) is 3.40. The van der Waals surface area contributed by atoms with Crippen LogP contribution >= 0.6 is 0 Å². The van der Waals surface area contributed by atoms with Gasteiger partial charge in [0.15, 0.2) is 17.2 Å². The molecule has 0 saturated heterocycles. The van der Waals surface area contributed by atoms with Crippen LogP contribution in [0.5, 0.6) is 0 Å². The topological polar surface area (TPSA) is 98.4 Å². The molecule has 1 aliphatic rings. The monoisotopic (exact) mass is 365 g/mol. The Balaban J connectivity index is 3.27. The number of aliphatic hydroxyl groups is 2. The van der Waals surface area contributed by atoms with Gasteiger partial charge in [-0.2, -0.15) is 0 Å². The zero-order valence-corrected chi connectivity index (χ0v) is 17.1. The fourth-order valence-corrected chi connectivity index (χ4v) is 3.40. The van der Waals surface area contributed by atoms with Gasteiger partial charge in [-0.25, -0.2) is 0 Å². The van der Waals surface area contributed by atoms with Crippen LogP contribution in [0.3, 0.4) is 0 Å². The first kappa shape index (κ1) is 22.6. The van der Waals surface area contributed by atoms with Gasteiger partial charge < -0.3 is 15.6 Å². The number of Topliss-reactive ketones (excluding diaryl/α,β-unsaturated/α-hetero) is 2. The molecular formula is C21H35NO4. The van der Waals surface area contributed by atoms with Gasteiger partial charge in [0.2, 0.25) is 0 Å². The molecule has 2 atom stereocenters. The minimum Gasteiger partial charge on any atom is -0.508 e. The maximum absolute atomic E-state index is 12.9. The van der Waals surface area contributed by atoms with Crippen LogP contribution in [0.15, 0.2) is 11.3 Å². The molecule has 0 fully saturated rings. The Kier molecular flexibility index (Phi) is 7.75. The third kappa shape index (κ3) is 4.81. The van der Waals surface area contributed by atoms with E-state index in [9.17, 15) is 19.8 Å². The molecule has 1 aliphatic carbocycles. The standard InChI is InChI=1S/C21H35NO4/c1-12(2)7-9-15-19(24)18(16(23)11-14(5)6)20(25)21(15,26)17(22)10-8-13(3)4/h12-15,22,25-26H,7-11H2,1-6H3/t15-,21+/m1/s1. The first-order valence-corrected chi connectivity index (χ1v) is 9.74. The third-order valence-electron chi connectivity index (χ3n) is 5.00. The van der Waals surface area contributed by atoms with Crippen LogP contribution in [0.1, 0.15) is 73.6 Å². The number of hydrogen-bond acceptors (Lipinski definition) is 5. The highest BCUT2D eigenvalue weighted by Gasteiger charge is 2.56. The first-order chi connectivity index (χ1) is 11.9. The van der Waals surface area contributed by atoms with Gasteiger partial charge in [0, 0.05) is 12.1 Å². The Hall–Kier alpha value is -1.49. The summed E-state index contributed by atoms with van der Waals surface area (Å²) in [5.41, 5.74) is -2.40. The summed E-state index contributed by atoms with van der Waals surface area (Å²) in [5.74, 6) is -1.81. The van der Waals surface area contributed by atoms with Crippen LogP contribution in [0.25, 0.3) is 0 Å². The third-order valence-corrected chi connectivity index (χ3v) is 5.00. The van der Waals surface area contributed by atoms with E-state index in [4.69, 9.17) is 5.41 Å². The van der Waals surface area contributed by atoms with Gasteiger partial charge in [-0.3, -0.25) is 9.59 Å².